The first-order chi connectivity index (χ1) is 7.95. The molecule has 4 nitrogen and oxygen atoms in total. The molecule has 0 spiro atoms. The van der Waals surface area contributed by atoms with Crippen LogP contribution < -0.4 is 10.6 Å². The maximum atomic E-state index is 5.35. The lowest BCUT2D eigenvalue weighted by Gasteiger charge is -2.27. The third-order valence-corrected chi connectivity index (χ3v) is 3.48. The molecule has 4 heteroatoms. The summed E-state index contributed by atoms with van der Waals surface area (Å²) in [5, 5.41) is 7.10. The van der Waals surface area contributed by atoms with E-state index in [9.17, 15) is 0 Å². The molecule has 0 amide bonds. The number of nitrogens with one attached hydrogen (secondary N) is 2. The number of morpholine rings is 1. The van der Waals surface area contributed by atoms with E-state index in [1.807, 2.05) is 0 Å². The van der Waals surface area contributed by atoms with Gasteiger partial charge in [-0.2, -0.15) is 0 Å². The fourth-order valence-electron chi connectivity index (χ4n) is 2.46. The van der Waals surface area contributed by atoms with Gasteiger partial charge in [0.1, 0.15) is 0 Å². The van der Waals surface area contributed by atoms with Gasteiger partial charge < -0.3 is 15.4 Å². The van der Waals surface area contributed by atoms with Crippen LogP contribution in [0.5, 0.6) is 0 Å². The summed E-state index contributed by atoms with van der Waals surface area (Å²) in [6, 6.07) is 0.684. The van der Waals surface area contributed by atoms with Crippen molar-refractivity contribution in [2.45, 2.75) is 25.3 Å². The van der Waals surface area contributed by atoms with Gasteiger partial charge in [0.15, 0.2) is 0 Å². The van der Waals surface area contributed by atoms with Gasteiger partial charge in [-0.1, -0.05) is 0 Å². The molecule has 0 aromatic heterocycles. The van der Waals surface area contributed by atoms with E-state index in [4.69, 9.17) is 4.74 Å². The van der Waals surface area contributed by atoms with Crippen LogP contribution in [0.25, 0.3) is 0 Å². The van der Waals surface area contributed by atoms with Gasteiger partial charge in [-0.15, -0.1) is 0 Å². The highest BCUT2D eigenvalue weighted by atomic mass is 16.5. The van der Waals surface area contributed by atoms with Crippen molar-refractivity contribution in [3.63, 3.8) is 0 Å². The summed E-state index contributed by atoms with van der Waals surface area (Å²) >= 11 is 0. The molecule has 2 fully saturated rings. The molecule has 2 heterocycles. The number of nitrogens with zero attached hydrogens (tertiary/aromatic N) is 1. The molecule has 1 unspecified atom stereocenters. The zero-order valence-corrected chi connectivity index (χ0v) is 10.2. The standard InChI is InChI=1S/C12H25N3O/c1(6-15-7-9-16-10-8-15)3-12-11-13-4-2-5-14-12/h12-14H,1-11H2. The van der Waals surface area contributed by atoms with Crippen LogP contribution in [-0.2, 0) is 4.74 Å². The quantitative estimate of drug-likeness (QED) is 0.711. The maximum absolute atomic E-state index is 5.35. The van der Waals surface area contributed by atoms with E-state index >= 15 is 0 Å². The summed E-state index contributed by atoms with van der Waals surface area (Å²) in [5.74, 6) is 0. The molecule has 2 aliphatic heterocycles. The van der Waals surface area contributed by atoms with Crippen LogP contribution >= 0.6 is 0 Å². The Kier molecular flexibility index (Phi) is 5.55. The van der Waals surface area contributed by atoms with Gasteiger partial charge >= 0.3 is 0 Å². The summed E-state index contributed by atoms with van der Waals surface area (Å²) in [6.07, 6.45) is 3.86. The number of hydrogen-bond acceptors (Lipinski definition) is 4. The number of ether oxygens (including phenoxy) is 1. The third kappa shape index (κ3) is 4.37. The summed E-state index contributed by atoms with van der Waals surface area (Å²) in [5.41, 5.74) is 0. The summed E-state index contributed by atoms with van der Waals surface area (Å²) in [6.45, 7) is 8.81. The van der Waals surface area contributed by atoms with E-state index in [1.165, 1.54) is 38.9 Å². The predicted octanol–water partition coefficient (Wildman–Crippen LogP) is 0.0503. The van der Waals surface area contributed by atoms with Crippen LogP contribution in [0.15, 0.2) is 0 Å². The van der Waals surface area contributed by atoms with E-state index in [0.717, 1.165) is 32.8 Å². The topological polar surface area (TPSA) is 36.5 Å². The van der Waals surface area contributed by atoms with Crippen molar-refractivity contribution in [2.24, 2.45) is 0 Å². The minimum absolute atomic E-state index is 0.684. The van der Waals surface area contributed by atoms with Crippen LogP contribution in [0.4, 0.5) is 0 Å². The van der Waals surface area contributed by atoms with Crippen molar-refractivity contribution < 1.29 is 4.74 Å². The zero-order chi connectivity index (χ0) is 11.1. The fourth-order valence-corrected chi connectivity index (χ4v) is 2.46. The molecule has 2 rings (SSSR count). The van der Waals surface area contributed by atoms with Crippen molar-refractivity contribution in [2.75, 3.05) is 52.5 Å². The Morgan fingerprint density at radius 1 is 1.19 bits per heavy atom. The molecule has 2 aliphatic rings. The Bertz CT molecular complexity index is 175. The molecule has 1 atom stereocenters. The smallest absolute Gasteiger partial charge is 0.0594 e. The molecular formula is C12H25N3O. The van der Waals surface area contributed by atoms with Crippen molar-refractivity contribution >= 4 is 0 Å². The molecule has 16 heavy (non-hydrogen) atoms. The summed E-state index contributed by atoms with van der Waals surface area (Å²) < 4.78 is 5.35. The number of rotatable bonds is 4. The molecule has 0 aliphatic carbocycles. The molecular weight excluding hydrogens is 202 g/mol. The molecule has 2 saturated heterocycles. The molecule has 0 saturated carbocycles. The van der Waals surface area contributed by atoms with Crippen molar-refractivity contribution in [3.8, 4) is 0 Å². The fraction of sp³-hybridized carbons (Fsp3) is 1.00. The first-order valence-electron chi connectivity index (χ1n) is 6.69. The largest absolute Gasteiger partial charge is 0.379 e. The van der Waals surface area contributed by atoms with E-state index in [2.05, 4.69) is 15.5 Å². The molecule has 2 N–H and O–H groups in total. The second-order valence-corrected chi connectivity index (χ2v) is 4.80. The van der Waals surface area contributed by atoms with Crippen LogP contribution in [0, 0.1) is 0 Å². The number of hydrogen-bond donors (Lipinski definition) is 2. The molecule has 0 aromatic carbocycles. The molecule has 0 aromatic rings. The average molecular weight is 227 g/mol. The van der Waals surface area contributed by atoms with Crippen LogP contribution in [0.2, 0.25) is 0 Å². The van der Waals surface area contributed by atoms with E-state index < -0.39 is 0 Å². The van der Waals surface area contributed by atoms with Gasteiger partial charge in [-0.25, -0.2) is 0 Å². The Hall–Kier alpha value is -0.160. The van der Waals surface area contributed by atoms with Gasteiger partial charge in [0.25, 0.3) is 0 Å². The van der Waals surface area contributed by atoms with Crippen molar-refractivity contribution in [1.29, 1.82) is 0 Å². The van der Waals surface area contributed by atoms with Crippen molar-refractivity contribution in [3.05, 3.63) is 0 Å². The van der Waals surface area contributed by atoms with Gasteiger partial charge in [-0.05, 0) is 38.9 Å². The van der Waals surface area contributed by atoms with E-state index in [-0.39, 0.29) is 0 Å². The minimum Gasteiger partial charge on any atom is -0.379 e. The lowest BCUT2D eigenvalue weighted by atomic mass is 10.1. The Morgan fingerprint density at radius 2 is 2.06 bits per heavy atom. The monoisotopic (exact) mass is 227 g/mol. The zero-order valence-electron chi connectivity index (χ0n) is 10.2. The third-order valence-electron chi connectivity index (χ3n) is 3.48. The van der Waals surface area contributed by atoms with Crippen molar-refractivity contribution in [1.82, 2.24) is 15.5 Å². The lowest BCUT2D eigenvalue weighted by molar-refractivity contribution is 0.0369. The Morgan fingerprint density at radius 3 is 2.94 bits per heavy atom. The Balaban J connectivity index is 1.55. The minimum atomic E-state index is 0.684. The molecule has 0 bridgehead atoms. The van der Waals surface area contributed by atoms with Crippen LogP contribution in [-0.4, -0.2) is 63.4 Å². The summed E-state index contributed by atoms with van der Waals surface area (Å²) in [7, 11) is 0. The predicted molar refractivity (Wildman–Crippen MR) is 65.8 cm³/mol. The highest BCUT2D eigenvalue weighted by molar-refractivity contribution is 4.74. The second kappa shape index (κ2) is 7.22. The van der Waals surface area contributed by atoms with E-state index in [1.54, 1.807) is 0 Å². The lowest BCUT2D eigenvalue weighted by Crippen LogP contribution is -2.39. The first kappa shape index (κ1) is 12.3. The normalized spacial score (nSPS) is 28.9. The SMILES string of the molecule is C1CNCC(CCCN2CCOCC2)NC1. The highest BCUT2D eigenvalue weighted by Crippen LogP contribution is 2.03. The van der Waals surface area contributed by atoms with Gasteiger partial charge in [0, 0.05) is 25.7 Å². The first-order valence-corrected chi connectivity index (χ1v) is 6.69. The van der Waals surface area contributed by atoms with Crippen LogP contribution in [0.1, 0.15) is 19.3 Å². The van der Waals surface area contributed by atoms with Gasteiger partial charge in [0.05, 0.1) is 13.2 Å². The summed E-state index contributed by atoms with van der Waals surface area (Å²) in [4.78, 5) is 2.52. The Labute approximate surface area is 98.7 Å². The second-order valence-electron chi connectivity index (χ2n) is 4.80. The molecule has 0 radical (unpaired) electrons. The van der Waals surface area contributed by atoms with Gasteiger partial charge in [0.2, 0.25) is 0 Å². The maximum Gasteiger partial charge on any atom is 0.0594 e. The molecule has 94 valence electrons. The van der Waals surface area contributed by atoms with E-state index in [0.29, 0.717) is 6.04 Å². The average Bonchev–Trinajstić information content (AvgIpc) is 2.59. The van der Waals surface area contributed by atoms with Gasteiger partial charge in [-0.3, -0.25) is 4.90 Å². The van der Waals surface area contributed by atoms with Crippen LogP contribution in [0.3, 0.4) is 0 Å². The highest BCUT2D eigenvalue weighted by Gasteiger charge is 2.13.